The summed E-state index contributed by atoms with van der Waals surface area (Å²) in [4.78, 5) is 0. The minimum Gasteiger partial charge on any atom is -0.349 e. The van der Waals surface area contributed by atoms with Crippen molar-refractivity contribution in [2.45, 2.75) is 38.9 Å². The summed E-state index contributed by atoms with van der Waals surface area (Å²) in [6, 6.07) is 0. The Hall–Kier alpha value is 0.270. The van der Waals surface area contributed by atoms with Gasteiger partial charge in [0.15, 0.2) is 0 Å². The van der Waals surface area contributed by atoms with Crippen molar-refractivity contribution in [3.8, 4) is 0 Å². The van der Waals surface area contributed by atoms with Gasteiger partial charge in [-0.1, -0.05) is 26.5 Å². The molecule has 0 rings (SSSR count). The lowest BCUT2D eigenvalue weighted by atomic mass is 10.5. The third kappa shape index (κ3) is 5.09. The summed E-state index contributed by atoms with van der Waals surface area (Å²) in [7, 11) is 0. The van der Waals surface area contributed by atoms with Gasteiger partial charge >= 0.3 is 0 Å². The molecule has 0 heterocycles. The van der Waals surface area contributed by atoms with Crippen molar-refractivity contribution >= 4 is 12.6 Å². The van der Waals surface area contributed by atoms with Gasteiger partial charge in [-0.05, 0) is 19.9 Å². The highest BCUT2D eigenvalue weighted by atomic mass is 32.1. The maximum absolute atomic E-state index is 5.34. The predicted molar refractivity (Wildman–Crippen MR) is 45.9 cm³/mol. The van der Waals surface area contributed by atoms with Gasteiger partial charge in [-0.2, -0.15) is 0 Å². The number of hydrogen-bond acceptors (Lipinski definition) is 2. The molecule has 0 bridgehead atoms. The van der Waals surface area contributed by atoms with E-state index < -0.39 is 0 Å². The molecule has 3 heteroatoms. The van der Waals surface area contributed by atoms with Gasteiger partial charge in [0.2, 0.25) is 0 Å². The first-order valence-corrected chi connectivity index (χ1v) is 4.22. The van der Waals surface area contributed by atoms with E-state index in [9.17, 15) is 0 Å². The van der Waals surface area contributed by atoms with E-state index in [-0.39, 0.29) is 11.7 Å². The second kappa shape index (κ2) is 6.01. The second-order valence-corrected chi connectivity index (χ2v) is 2.70. The summed E-state index contributed by atoms with van der Waals surface area (Å²) >= 11 is 4.97. The third-order valence-electron chi connectivity index (χ3n) is 1.18. The number of nitrogens with one attached hydrogen (secondary N) is 1. The highest BCUT2D eigenvalue weighted by Gasteiger charge is 2.04. The maximum atomic E-state index is 5.34. The lowest BCUT2D eigenvalue weighted by Gasteiger charge is -2.16. The van der Waals surface area contributed by atoms with E-state index >= 15 is 0 Å². The fraction of sp³-hybridized carbons (Fsp3) is 1.00. The zero-order valence-electron chi connectivity index (χ0n) is 6.89. The maximum Gasteiger partial charge on any atom is 0.115 e. The van der Waals surface area contributed by atoms with Crippen LogP contribution in [0.1, 0.15) is 27.2 Å². The van der Waals surface area contributed by atoms with Crippen LogP contribution in [0.2, 0.25) is 0 Å². The van der Waals surface area contributed by atoms with Crippen LogP contribution in [-0.4, -0.2) is 18.2 Å². The molecule has 1 N–H and O–H groups in total. The average molecular weight is 162 g/mol. The summed E-state index contributed by atoms with van der Waals surface area (Å²) in [5, 5.41) is 3.12. The summed E-state index contributed by atoms with van der Waals surface area (Å²) < 4.78 is 5.34. The van der Waals surface area contributed by atoms with E-state index in [0.717, 1.165) is 13.0 Å². The number of rotatable bonds is 5. The highest BCUT2D eigenvalue weighted by Crippen LogP contribution is 2.03. The molecule has 2 nitrogen and oxygen atoms in total. The topological polar surface area (TPSA) is 21.3 Å². The van der Waals surface area contributed by atoms with Gasteiger partial charge in [0.25, 0.3) is 0 Å². The zero-order valence-corrected chi connectivity index (χ0v) is 7.70. The van der Waals surface area contributed by atoms with Gasteiger partial charge in [-0.15, -0.1) is 0 Å². The Balaban J connectivity index is 3.27. The van der Waals surface area contributed by atoms with E-state index in [1.807, 2.05) is 20.8 Å². The quantitative estimate of drug-likeness (QED) is 0.623. The Morgan fingerprint density at radius 2 is 2.10 bits per heavy atom. The smallest absolute Gasteiger partial charge is 0.115 e. The molecule has 61 valence electrons. The van der Waals surface area contributed by atoms with E-state index in [1.54, 1.807) is 0 Å². The molecule has 0 saturated carbocycles. The van der Waals surface area contributed by atoms with Gasteiger partial charge in [-0.25, -0.2) is 0 Å². The van der Waals surface area contributed by atoms with Crippen LogP contribution in [0.15, 0.2) is 0 Å². The summed E-state index contributed by atoms with van der Waals surface area (Å²) in [6.07, 6.45) is 0.984. The molecule has 0 amide bonds. The first-order chi connectivity index (χ1) is 4.70. The minimum atomic E-state index is -0.0472. The largest absolute Gasteiger partial charge is 0.349 e. The van der Waals surface area contributed by atoms with E-state index in [1.165, 1.54) is 0 Å². The Labute approximate surface area is 68.7 Å². The van der Waals surface area contributed by atoms with Crippen molar-refractivity contribution in [3.63, 3.8) is 0 Å². The van der Waals surface area contributed by atoms with Gasteiger partial charge < -0.3 is 4.74 Å². The molecule has 0 aliphatic heterocycles. The molecule has 0 saturated heterocycles. The van der Waals surface area contributed by atoms with E-state index in [2.05, 4.69) is 5.32 Å². The molecule has 0 fully saturated rings. The second-order valence-electron chi connectivity index (χ2n) is 2.17. The van der Waals surface area contributed by atoms with Crippen LogP contribution in [0.25, 0.3) is 0 Å². The molecule has 2 atom stereocenters. The molecule has 0 aromatic rings. The predicted octanol–water partition coefficient (Wildman–Crippen LogP) is 1.89. The Kier molecular flexibility index (Phi) is 6.17. The molecule has 0 aliphatic rings. The van der Waals surface area contributed by atoms with Gasteiger partial charge in [0, 0.05) is 0 Å². The molecule has 10 heavy (non-hydrogen) atoms. The van der Waals surface area contributed by atoms with Gasteiger partial charge in [0.05, 0.1) is 0 Å². The summed E-state index contributed by atoms with van der Waals surface area (Å²) in [5.41, 5.74) is -0.0472. The van der Waals surface area contributed by atoms with Crippen molar-refractivity contribution in [1.29, 1.82) is 0 Å². The Bertz CT molecular complexity index is 80.0. The molecule has 1 radical (unpaired) electrons. The van der Waals surface area contributed by atoms with Crippen molar-refractivity contribution in [1.82, 2.24) is 5.32 Å². The Morgan fingerprint density at radius 1 is 1.50 bits per heavy atom. The lowest BCUT2D eigenvalue weighted by molar-refractivity contribution is 0.0263. The van der Waals surface area contributed by atoms with Crippen LogP contribution >= 0.6 is 12.6 Å². The van der Waals surface area contributed by atoms with Crippen molar-refractivity contribution in [3.05, 3.63) is 0 Å². The van der Waals surface area contributed by atoms with Crippen LogP contribution in [0.3, 0.4) is 0 Å². The molecular weight excluding hydrogens is 146 g/mol. The van der Waals surface area contributed by atoms with Crippen LogP contribution < -0.4 is 5.32 Å². The van der Waals surface area contributed by atoms with Crippen LogP contribution in [0.4, 0.5) is 0 Å². The van der Waals surface area contributed by atoms with E-state index in [4.69, 9.17) is 17.4 Å². The molecule has 0 aromatic carbocycles. The van der Waals surface area contributed by atoms with Crippen molar-refractivity contribution < 1.29 is 4.74 Å². The lowest BCUT2D eigenvalue weighted by Crippen LogP contribution is -2.30. The molecule has 0 aliphatic carbocycles. The van der Waals surface area contributed by atoms with E-state index in [0.29, 0.717) is 0 Å². The fourth-order valence-electron chi connectivity index (χ4n) is 0.659. The first kappa shape index (κ1) is 10.3. The summed E-state index contributed by atoms with van der Waals surface area (Å²) in [6.45, 7) is 6.96. The summed E-state index contributed by atoms with van der Waals surface area (Å²) in [5.74, 6) is 0. The normalized spacial score (nSPS) is 16.8. The average Bonchev–Trinajstić information content (AvgIpc) is 1.88. The SMILES string of the molecule is CCNC(C)OC([S])CC. The highest BCUT2D eigenvalue weighted by molar-refractivity contribution is 7.80. The Morgan fingerprint density at radius 3 is 2.50 bits per heavy atom. The van der Waals surface area contributed by atoms with Crippen LogP contribution in [0.5, 0.6) is 0 Å². The third-order valence-corrected chi connectivity index (χ3v) is 1.63. The number of hydrogen-bond donors (Lipinski definition) is 1. The van der Waals surface area contributed by atoms with Crippen LogP contribution in [-0.2, 0) is 4.74 Å². The van der Waals surface area contributed by atoms with Gasteiger partial charge in [-0.3, -0.25) is 5.32 Å². The molecule has 2 unspecified atom stereocenters. The standard InChI is InChI=1S/C7H16NOS/c1-4-7(10)9-6(3)8-5-2/h6-8H,4-5H2,1-3H3. The van der Waals surface area contributed by atoms with Crippen molar-refractivity contribution in [2.24, 2.45) is 0 Å². The fourth-order valence-corrected chi connectivity index (χ4v) is 0.826. The monoisotopic (exact) mass is 162 g/mol. The molecule has 0 aromatic heterocycles. The number of ether oxygens (including phenoxy) is 1. The van der Waals surface area contributed by atoms with Gasteiger partial charge in [0.1, 0.15) is 11.7 Å². The van der Waals surface area contributed by atoms with Crippen molar-refractivity contribution in [2.75, 3.05) is 6.54 Å². The van der Waals surface area contributed by atoms with Crippen LogP contribution in [0, 0.1) is 0 Å². The molecular formula is C7H16NOS. The molecule has 0 spiro atoms. The minimum absolute atomic E-state index is 0.0472. The first-order valence-electron chi connectivity index (χ1n) is 3.75. The zero-order chi connectivity index (χ0) is 7.98.